The molecule has 1 aromatic heterocycles. The Balaban J connectivity index is 0.824. The Hall–Kier alpha value is -6.05. The van der Waals surface area contributed by atoms with Crippen molar-refractivity contribution in [3.05, 3.63) is 64.8 Å². The minimum absolute atomic E-state index is 0.0632. The van der Waals surface area contributed by atoms with E-state index in [1.165, 1.54) is 4.90 Å². The summed E-state index contributed by atoms with van der Waals surface area (Å²) in [4.78, 5) is 80.4. The van der Waals surface area contributed by atoms with E-state index in [2.05, 4.69) is 42.6 Å². The third kappa shape index (κ3) is 9.63. The quantitative estimate of drug-likeness (QED) is 0.108. The highest BCUT2D eigenvalue weighted by molar-refractivity contribution is 6.06. The number of imide groups is 1. The van der Waals surface area contributed by atoms with Gasteiger partial charge in [-0.25, -0.2) is 4.98 Å². The normalized spacial score (nSPS) is 18.8. The predicted octanol–water partition coefficient (Wildman–Crippen LogP) is 4.00. The fourth-order valence-corrected chi connectivity index (χ4v) is 8.57. The number of benzene rings is 2. The van der Waals surface area contributed by atoms with E-state index >= 15 is 0 Å². The standard InChI is InChI=1S/C45H55N9O7/c1-5-35-44(59)52(3)37-27-47-45(50-40(37)54(35)31-14-6-7-15-31)48-34-18-17-30(26-38(34)60-4)41(56)46-21-11-22-51(2)23-25-61-24-9-8-12-29-13-10-16-32-33(29)28-53(43(32)58)36-19-20-39(55)49-42(36)57/h10,13,16-18,26-27,31,35-36H,5-7,9,11,14-15,19-25,28H2,1-4H3,(H,46,56)(H,47,48,50)(H,49,55,57)/t35-,36?/m1/s1. The number of rotatable bonds is 16. The first-order valence-electron chi connectivity index (χ1n) is 21.3. The SMILES string of the molecule is CC[C@@H]1C(=O)N(C)c2cnc(Nc3ccc(C(=O)NCCCN(C)CCOCCC#Cc4cccc5c4CN(C4CCC(=O)NC4=O)C5=O)cc3OC)nc2N1C1CCCC1. The van der Waals surface area contributed by atoms with Gasteiger partial charge < -0.3 is 39.7 Å². The van der Waals surface area contributed by atoms with Crippen LogP contribution in [0.15, 0.2) is 42.6 Å². The molecule has 322 valence electrons. The lowest BCUT2D eigenvalue weighted by molar-refractivity contribution is -0.137. The largest absolute Gasteiger partial charge is 0.495 e. The van der Waals surface area contributed by atoms with Crippen LogP contribution >= 0.6 is 0 Å². The molecule has 16 heteroatoms. The molecule has 4 heterocycles. The third-order valence-electron chi connectivity index (χ3n) is 11.9. The molecular weight excluding hydrogens is 779 g/mol. The third-order valence-corrected chi connectivity index (χ3v) is 11.9. The van der Waals surface area contributed by atoms with Crippen molar-refractivity contribution in [2.45, 2.75) is 89.4 Å². The number of hydrogen-bond acceptors (Lipinski definition) is 12. The molecule has 3 aliphatic heterocycles. The number of methoxy groups -OCH3 is 1. The second kappa shape index (κ2) is 19.6. The summed E-state index contributed by atoms with van der Waals surface area (Å²) in [6, 6.07) is 9.97. The Morgan fingerprint density at radius 3 is 2.66 bits per heavy atom. The van der Waals surface area contributed by atoms with E-state index in [9.17, 15) is 24.0 Å². The van der Waals surface area contributed by atoms with Crippen molar-refractivity contribution >= 4 is 52.7 Å². The molecule has 1 aliphatic carbocycles. The molecule has 3 aromatic rings. The summed E-state index contributed by atoms with van der Waals surface area (Å²) in [7, 11) is 5.34. The highest BCUT2D eigenvalue weighted by Crippen LogP contribution is 2.40. The van der Waals surface area contributed by atoms with Crippen molar-refractivity contribution in [2.75, 3.05) is 69.2 Å². The number of carbonyl (C=O) groups is 5. The van der Waals surface area contributed by atoms with E-state index < -0.39 is 11.9 Å². The highest BCUT2D eigenvalue weighted by atomic mass is 16.5. The topological polar surface area (TPSA) is 179 Å². The van der Waals surface area contributed by atoms with Crippen LogP contribution in [-0.4, -0.2) is 121 Å². The molecule has 2 fully saturated rings. The zero-order valence-corrected chi connectivity index (χ0v) is 35.4. The van der Waals surface area contributed by atoms with Gasteiger partial charge in [0.1, 0.15) is 23.5 Å². The molecule has 0 bridgehead atoms. The summed E-state index contributed by atoms with van der Waals surface area (Å²) in [5.74, 6) is 6.82. The van der Waals surface area contributed by atoms with Crippen molar-refractivity contribution in [2.24, 2.45) is 0 Å². The number of likely N-dealkylation sites (N-methyl/N-ethyl adjacent to an activating group) is 2. The molecule has 3 N–H and O–H groups in total. The average Bonchev–Trinajstić information content (AvgIpc) is 3.92. The zero-order chi connectivity index (χ0) is 43.0. The summed E-state index contributed by atoms with van der Waals surface area (Å²) in [6.07, 6.45) is 8.53. The molecule has 2 aromatic carbocycles. The summed E-state index contributed by atoms with van der Waals surface area (Å²) >= 11 is 0. The maximum atomic E-state index is 13.3. The second-order valence-electron chi connectivity index (χ2n) is 15.9. The minimum atomic E-state index is -0.661. The first-order valence-corrected chi connectivity index (χ1v) is 21.3. The molecule has 2 atom stereocenters. The van der Waals surface area contributed by atoms with Gasteiger partial charge in [0.25, 0.3) is 11.8 Å². The molecule has 1 unspecified atom stereocenters. The highest BCUT2D eigenvalue weighted by Gasteiger charge is 2.42. The lowest BCUT2D eigenvalue weighted by Gasteiger charge is -2.43. The number of carbonyl (C=O) groups excluding carboxylic acids is 5. The van der Waals surface area contributed by atoms with E-state index in [-0.39, 0.29) is 48.7 Å². The Kier molecular flexibility index (Phi) is 13.8. The van der Waals surface area contributed by atoms with Crippen LogP contribution in [0.2, 0.25) is 0 Å². The van der Waals surface area contributed by atoms with Crippen molar-refractivity contribution in [1.82, 2.24) is 30.4 Å². The number of amides is 5. The van der Waals surface area contributed by atoms with Crippen LogP contribution < -0.4 is 30.5 Å². The van der Waals surface area contributed by atoms with Crippen molar-refractivity contribution in [3.8, 4) is 17.6 Å². The molecule has 61 heavy (non-hydrogen) atoms. The Morgan fingerprint density at radius 2 is 1.89 bits per heavy atom. The average molecular weight is 834 g/mol. The van der Waals surface area contributed by atoms with E-state index in [1.54, 1.807) is 55.6 Å². The minimum Gasteiger partial charge on any atom is -0.495 e. The Morgan fingerprint density at radius 1 is 1.07 bits per heavy atom. The van der Waals surface area contributed by atoms with Gasteiger partial charge in [-0.05, 0) is 81.6 Å². The van der Waals surface area contributed by atoms with E-state index in [0.717, 1.165) is 62.1 Å². The number of anilines is 4. The monoisotopic (exact) mass is 833 g/mol. The van der Waals surface area contributed by atoms with Gasteiger partial charge in [-0.15, -0.1) is 0 Å². The van der Waals surface area contributed by atoms with Gasteiger partial charge in [0.05, 0.1) is 32.2 Å². The predicted molar refractivity (Wildman–Crippen MR) is 230 cm³/mol. The maximum absolute atomic E-state index is 13.3. The van der Waals surface area contributed by atoms with E-state index in [0.29, 0.717) is 73.2 Å². The molecular formula is C45H55N9O7. The number of hydrogen-bond donors (Lipinski definition) is 3. The van der Waals surface area contributed by atoms with E-state index in [1.807, 2.05) is 20.0 Å². The number of nitrogens with one attached hydrogen (secondary N) is 3. The van der Waals surface area contributed by atoms with Gasteiger partial charge in [0.15, 0.2) is 5.82 Å². The Bertz CT molecular complexity index is 2220. The fourth-order valence-electron chi connectivity index (χ4n) is 8.57. The molecule has 4 aliphatic rings. The Labute approximate surface area is 356 Å². The van der Waals surface area contributed by atoms with Crippen LogP contribution in [0.1, 0.15) is 96.6 Å². The fraction of sp³-hybridized carbons (Fsp3) is 0.489. The van der Waals surface area contributed by atoms with E-state index in [4.69, 9.17) is 14.5 Å². The lowest BCUT2D eigenvalue weighted by atomic mass is 10.0. The van der Waals surface area contributed by atoms with Crippen LogP contribution in [0.5, 0.6) is 5.75 Å². The smallest absolute Gasteiger partial charge is 0.255 e. The van der Waals surface area contributed by atoms with Crippen molar-refractivity contribution in [1.29, 1.82) is 0 Å². The first kappa shape index (κ1) is 43.1. The number of piperidine rings is 1. The summed E-state index contributed by atoms with van der Waals surface area (Å²) in [6.45, 7) is 5.31. The first-order chi connectivity index (χ1) is 29.6. The van der Waals surface area contributed by atoms with Gasteiger partial charge in [-0.3, -0.25) is 29.3 Å². The number of aromatic nitrogens is 2. The van der Waals surface area contributed by atoms with Gasteiger partial charge in [0, 0.05) is 62.3 Å². The van der Waals surface area contributed by atoms with Crippen LogP contribution in [0.3, 0.4) is 0 Å². The van der Waals surface area contributed by atoms with Crippen LogP contribution in [-0.2, 0) is 25.7 Å². The summed E-state index contributed by atoms with van der Waals surface area (Å²) in [5.41, 5.74) is 3.88. The lowest BCUT2D eigenvalue weighted by Crippen LogP contribution is -2.55. The molecule has 1 saturated heterocycles. The molecule has 0 radical (unpaired) electrons. The number of ether oxygens (including phenoxy) is 2. The molecule has 7 rings (SSSR count). The maximum Gasteiger partial charge on any atom is 0.255 e. The van der Waals surface area contributed by atoms with Gasteiger partial charge in [0.2, 0.25) is 23.7 Å². The summed E-state index contributed by atoms with van der Waals surface area (Å²) in [5, 5.41) is 8.61. The van der Waals surface area contributed by atoms with Crippen molar-refractivity contribution < 1.29 is 33.4 Å². The van der Waals surface area contributed by atoms with Gasteiger partial charge in [-0.2, -0.15) is 4.98 Å². The van der Waals surface area contributed by atoms with Crippen LogP contribution in [0.25, 0.3) is 0 Å². The number of nitrogens with zero attached hydrogens (tertiary/aromatic N) is 6. The molecule has 16 nitrogen and oxygen atoms in total. The van der Waals surface area contributed by atoms with Crippen LogP contribution in [0.4, 0.5) is 23.1 Å². The molecule has 1 saturated carbocycles. The van der Waals surface area contributed by atoms with Crippen molar-refractivity contribution in [3.63, 3.8) is 0 Å². The molecule has 0 spiro atoms. The second-order valence-corrected chi connectivity index (χ2v) is 15.9. The molecule has 5 amide bonds. The van der Waals surface area contributed by atoms with Gasteiger partial charge >= 0.3 is 0 Å². The van der Waals surface area contributed by atoms with Gasteiger partial charge in [-0.1, -0.05) is 37.7 Å². The zero-order valence-electron chi connectivity index (χ0n) is 35.4. The number of fused-ring (bicyclic) bond motifs is 2. The summed E-state index contributed by atoms with van der Waals surface area (Å²) < 4.78 is 11.5. The van der Waals surface area contributed by atoms with Crippen LogP contribution in [0, 0.1) is 11.8 Å².